The van der Waals surface area contributed by atoms with Crippen LogP contribution in [0.2, 0.25) is 0 Å². The summed E-state index contributed by atoms with van der Waals surface area (Å²) in [4.78, 5) is 0. The first-order valence-corrected chi connectivity index (χ1v) is 6.53. The van der Waals surface area contributed by atoms with E-state index < -0.39 is 0 Å². The number of hydrogen-bond donors (Lipinski definition) is 1. The van der Waals surface area contributed by atoms with Crippen LogP contribution >= 0.6 is 11.6 Å². The van der Waals surface area contributed by atoms with Crippen LogP contribution in [0.15, 0.2) is 48.5 Å². The highest BCUT2D eigenvalue weighted by molar-refractivity contribution is 6.15. The predicted octanol–water partition coefficient (Wildman–Crippen LogP) is 3.71. The molecule has 0 aliphatic rings. The van der Waals surface area contributed by atoms with Crippen molar-refractivity contribution in [2.45, 2.75) is 6.61 Å². The number of benzene rings is 2. The lowest BCUT2D eigenvalue weighted by Crippen LogP contribution is -1.98. The highest BCUT2D eigenvalue weighted by Crippen LogP contribution is 2.29. The molecule has 2 rings (SSSR count). The van der Waals surface area contributed by atoms with Gasteiger partial charge in [-0.3, -0.25) is 0 Å². The molecular formula is C15H18ClNO2. The zero-order valence-electron chi connectivity index (χ0n) is 11.1. The van der Waals surface area contributed by atoms with Gasteiger partial charge in [0.05, 0.1) is 7.11 Å². The number of anilines is 1. The van der Waals surface area contributed by atoms with Gasteiger partial charge in [-0.05, 0) is 17.7 Å². The van der Waals surface area contributed by atoms with Crippen molar-refractivity contribution < 1.29 is 9.47 Å². The van der Waals surface area contributed by atoms with Crippen molar-refractivity contribution in [3.63, 3.8) is 0 Å². The molecule has 0 aromatic heterocycles. The summed E-state index contributed by atoms with van der Waals surface area (Å²) in [7, 11) is 1.60. The second-order valence-electron chi connectivity index (χ2n) is 3.68. The molecule has 0 spiro atoms. The summed E-state index contributed by atoms with van der Waals surface area (Å²) < 4.78 is 10.9. The topological polar surface area (TPSA) is 44.5 Å². The fourth-order valence-electron chi connectivity index (χ4n) is 1.54. The first-order valence-electron chi connectivity index (χ1n) is 5.77. The van der Waals surface area contributed by atoms with Crippen LogP contribution < -0.4 is 15.2 Å². The molecule has 2 N–H and O–H groups in total. The molecule has 2 aromatic carbocycles. The van der Waals surface area contributed by atoms with Crippen molar-refractivity contribution >= 4 is 17.3 Å². The van der Waals surface area contributed by atoms with Crippen LogP contribution in [0.4, 0.5) is 5.69 Å². The normalized spacial score (nSPS) is 9.21. The monoisotopic (exact) mass is 279 g/mol. The fraction of sp³-hybridized carbons (Fsp3) is 0.200. The highest BCUT2D eigenvalue weighted by Gasteiger charge is 2.04. The molecule has 2 aromatic rings. The minimum atomic E-state index is 0.515. The van der Waals surface area contributed by atoms with Gasteiger partial charge in [0.15, 0.2) is 11.5 Å². The van der Waals surface area contributed by atoms with Gasteiger partial charge in [0.1, 0.15) is 6.61 Å². The quantitative estimate of drug-likeness (QED) is 0.685. The lowest BCUT2D eigenvalue weighted by Gasteiger charge is -2.11. The molecule has 19 heavy (non-hydrogen) atoms. The number of rotatable bonds is 4. The summed E-state index contributed by atoms with van der Waals surface area (Å²) in [5, 5.41) is 0. The Balaban J connectivity index is 0.000000861. The zero-order valence-corrected chi connectivity index (χ0v) is 11.9. The molecule has 0 radical (unpaired) electrons. The van der Waals surface area contributed by atoms with E-state index in [4.69, 9.17) is 15.2 Å². The predicted molar refractivity (Wildman–Crippen MR) is 80.0 cm³/mol. The number of ether oxygens (including phenoxy) is 2. The van der Waals surface area contributed by atoms with E-state index in [9.17, 15) is 0 Å². The van der Waals surface area contributed by atoms with Gasteiger partial charge in [-0.15, -0.1) is 11.6 Å². The van der Waals surface area contributed by atoms with Gasteiger partial charge >= 0.3 is 0 Å². The number of nitrogens with two attached hydrogens (primary N) is 1. The van der Waals surface area contributed by atoms with Gasteiger partial charge in [-0.2, -0.15) is 0 Å². The molecule has 0 bridgehead atoms. The van der Waals surface area contributed by atoms with E-state index >= 15 is 0 Å². The van der Waals surface area contributed by atoms with Crippen molar-refractivity contribution in [1.29, 1.82) is 0 Å². The molecule has 3 nitrogen and oxygen atoms in total. The summed E-state index contributed by atoms with van der Waals surface area (Å²) in [5.41, 5.74) is 7.45. The average Bonchev–Trinajstić information content (AvgIpc) is 2.49. The molecule has 4 heteroatoms. The molecule has 0 saturated carbocycles. The summed E-state index contributed by atoms with van der Waals surface area (Å²) in [6, 6.07) is 15.3. The number of hydrogen-bond acceptors (Lipinski definition) is 3. The second kappa shape index (κ2) is 8.27. The largest absolute Gasteiger partial charge is 0.493 e. The van der Waals surface area contributed by atoms with E-state index in [1.807, 2.05) is 36.4 Å². The molecule has 0 amide bonds. The van der Waals surface area contributed by atoms with Crippen LogP contribution in [0.1, 0.15) is 5.56 Å². The Morgan fingerprint density at radius 1 is 1.00 bits per heavy atom. The minimum Gasteiger partial charge on any atom is -0.493 e. The van der Waals surface area contributed by atoms with Crippen molar-refractivity contribution in [3.05, 3.63) is 54.1 Å². The van der Waals surface area contributed by atoms with E-state index in [0.717, 1.165) is 5.56 Å². The number of nitrogen functional groups attached to an aromatic ring is 1. The number of methoxy groups -OCH3 is 1. The maximum Gasteiger partial charge on any atom is 0.162 e. The molecule has 0 saturated heterocycles. The van der Waals surface area contributed by atoms with Crippen molar-refractivity contribution in [2.75, 3.05) is 19.2 Å². The van der Waals surface area contributed by atoms with Crippen molar-refractivity contribution in [2.24, 2.45) is 0 Å². The SMILES string of the molecule is CCl.COc1cc(N)ccc1OCc1ccccc1. The maximum atomic E-state index is 5.69. The second-order valence-corrected chi connectivity index (χ2v) is 3.68. The van der Waals surface area contributed by atoms with Gasteiger partial charge in [-0.25, -0.2) is 0 Å². The smallest absolute Gasteiger partial charge is 0.162 e. The summed E-state index contributed by atoms with van der Waals surface area (Å²) in [6.45, 7) is 0.515. The van der Waals surface area contributed by atoms with Crippen LogP contribution in [0.5, 0.6) is 11.5 Å². The first kappa shape index (κ1) is 15.2. The summed E-state index contributed by atoms with van der Waals surface area (Å²) >= 11 is 4.64. The van der Waals surface area contributed by atoms with Crippen molar-refractivity contribution in [3.8, 4) is 11.5 Å². The summed E-state index contributed by atoms with van der Waals surface area (Å²) in [6.07, 6.45) is 1.47. The van der Waals surface area contributed by atoms with E-state index in [1.165, 1.54) is 6.38 Å². The Morgan fingerprint density at radius 3 is 2.32 bits per heavy atom. The highest BCUT2D eigenvalue weighted by atomic mass is 35.5. The zero-order chi connectivity index (χ0) is 14.1. The van der Waals surface area contributed by atoms with E-state index in [0.29, 0.717) is 23.8 Å². The molecule has 0 aliphatic heterocycles. The third-order valence-electron chi connectivity index (χ3n) is 2.42. The van der Waals surface area contributed by atoms with E-state index in [1.54, 1.807) is 19.2 Å². The Labute approximate surface area is 118 Å². The Hall–Kier alpha value is -1.87. The van der Waals surface area contributed by atoms with Gasteiger partial charge in [0, 0.05) is 18.1 Å². The fourth-order valence-corrected chi connectivity index (χ4v) is 1.54. The third-order valence-corrected chi connectivity index (χ3v) is 2.42. The van der Waals surface area contributed by atoms with Crippen LogP contribution in [-0.2, 0) is 6.61 Å². The van der Waals surface area contributed by atoms with Crippen LogP contribution in [0.25, 0.3) is 0 Å². The maximum absolute atomic E-state index is 5.69. The molecule has 0 fully saturated rings. The number of alkyl halides is 1. The lowest BCUT2D eigenvalue weighted by molar-refractivity contribution is 0.284. The minimum absolute atomic E-state index is 0.515. The lowest BCUT2D eigenvalue weighted by atomic mass is 10.2. The standard InChI is InChI=1S/C14H15NO2.CH3Cl/c1-16-14-9-12(15)7-8-13(14)17-10-11-5-3-2-4-6-11;1-2/h2-9H,10,15H2,1H3;1H3. The van der Waals surface area contributed by atoms with Gasteiger partial charge in [0.25, 0.3) is 0 Å². The summed E-state index contributed by atoms with van der Waals surface area (Å²) in [5.74, 6) is 1.35. The number of halogens is 1. The van der Waals surface area contributed by atoms with Crippen LogP contribution in [0.3, 0.4) is 0 Å². The van der Waals surface area contributed by atoms with Crippen LogP contribution in [-0.4, -0.2) is 13.5 Å². The van der Waals surface area contributed by atoms with Crippen LogP contribution in [0, 0.1) is 0 Å². The van der Waals surface area contributed by atoms with Gasteiger partial charge in [0.2, 0.25) is 0 Å². The molecule has 0 atom stereocenters. The molecule has 102 valence electrons. The first-order chi connectivity index (χ1) is 9.29. The Morgan fingerprint density at radius 2 is 1.68 bits per heavy atom. The van der Waals surface area contributed by atoms with Gasteiger partial charge in [-0.1, -0.05) is 30.3 Å². The third kappa shape index (κ3) is 4.72. The molecule has 0 heterocycles. The molecule has 0 aliphatic carbocycles. The molecular weight excluding hydrogens is 262 g/mol. The average molecular weight is 280 g/mol. The van der Waals surface area contributed by atoms with E-state index in [2.05, 4.69) is 11.6 Å². The van der Waals surface area contributed by atoms with E-state index in [-0.39, 0.29) is 0 Å². The molecule has 0 unspecified atom stereocenters. The van der Waals surface area contributed by atoms with Crippen molar-refractivity contribution in [1.82, 2.24) is 0 Å². The Kier molecular flexibility index (Phi) is 6.61. The van der Waals surface area contributed by atoms with Gasteiger partial charge < -0.3 is 15.2 Å². The Bertz CT molecular complexity index is 489.